The zero-order chi connectivity index (χ0) is 12.2. The fourth-order valence-corrected chi connectivity index (χ4v) is 1.34. The fraction of sp³-hybridized carbons (Fsp3) is 0.538. The maximum atomic E-state index is 6.01. The van der Waals surface area contributed by atoms with Gasteiger partial charge in [-0.1, -0.05) is 26.8 Å². The van der Waals surface area contributed by atoms with E-state index in [4.69, 9.17) is 10.5 Å². The molecule has 3 N–H and O–H groups in total. The Morgan fingerprint density at radius 2 is 2.00 bits per heavy atom. The Bertz CT molecular complexity index is 342. The average molecular weight is 222 g/mol. The van der Waals surface area contributed by atoms with Crippen molar-refractivity contribution in [2.45, 2.75) is 27.7 Å². The second-order valence-electron chi connectivity index (χ2n) is 5.06. The third-order valence-corrected chi connectivity index (χ3v) is 2.18. The van der Waals surface area contributed by atoms with Crippen molar-refractivity contribution < 1.29 is 4.74 Å². The van der Waals surface area contributed by atoms with Crippen molar-refractivity contribution >= 4 is 11.4 Å². The quantitative estimate of drug-likeness (QED) is 0.769. The predicted octanol–water partition coefficient (Wildman–Crippen LogP) is 3.13. The number of hydrogen-bond acceptors (Lipinski definition) is 3. The van der Waals surface area contributed by atoms with E-state index in [1.54, 1.807) is 0 Å². The van der Waals surface area contributed by atoms with E-state index >= 15 is 0 Å². The van der Waals surface area contributed by atoms with Gasteiger partial charge in [-0.25, -0.2) is 0 Å². The first-order valence-electron chi connectivity index (χ1n) is 5.69. The largest absolute Gasteiger partial charge is 0.492 e. The first-order valence-corrected chi connectivity index (χ1v) is 5.69. The monoisotopic (exact) mass is 222 g/mol. The molecule has 3 nitrogen and oxygen atoms in total. The Morgan fingerprint density at radius 1 is 1.31 bits per heavy atom. The van der Waals surface area contributed by atoms with Crippen LogP contribution in [0.5, 0.6) is 5.75 Å². The van der Waals surface area contributed by atoms with E-state index in [1.165, 1.54) is 0 Å². The van der Waals surface area contributed by atoms with Crippen LogP contribution < -0.4 is 15.8 Å². The van der Waals surface area contributed by atoms with Crippen LogP contribution in [0, 0.1) is 5.41 Å². The number of benzene rings is 1. The highest BCUT2D eigenvalue weighted by Gasteiger charge is 2.11. The van der Waals surface area contributed by atoms with E-state index in [9.17, 15) is 0 Å². The molecule has 1 rings (SSSR count). The Kier molecular flexibility index (Phi) is 4.05. The number of para-hydroxylation sites is 1. The van der Waals surface area contributed by atoms with Crippen LogP contribution >= 0.6 is 0 Å². The molecule has 0 saturated heterocycles. The topological polar surface area (TPSA) is 47.3 Å². The van der Waals surface area contributed by atoms with Gasteiger partial charge in [0.25, 0.3) is 0 Å². The number of hydrogen-bond donors (Lipinski definition) is 2. The fourth-order valence-electron chi connectivity index (χ4n) is 1.34. The summed E-state index contributed by atoms with van der Waals surface area (Å²) in [6.45, 7) is 10.0. The Morgan fingerprint density at radius 3 is 2.56 bits per heavy atom. The number of ether oxygens (including phenoxy) is 1. The molecule has 0 aromatic heterocycles. The lowest BCUT2D eigenvalue weighted by atomic mass is 9.97. The molecule has 0 aliphatic rings. The molecule has 0 aliphatic carbocycles. The van der Waals surface area contributed by atoms with Gasteiger partial charge < -0.3 is 15.8 Å². The van der Waals surface area contributed by atoms with Crippen LogP contribution in [-0.4, -0.2) is 13.2 Å². The molecule has 1 aromatic carbocycles. The minimum Gasteiger partial charge on any atom is -0.492 e. The summed E-state index contributed by atoms with van der Waals surface area (Å²) in [6, 6.07) is 5.82. The standard InChI is InChI=1S/C13H22N2O/c1-5-16-11-8-6-7-10(12(11)14)15-9-13(2,3)4/h6-8,15H,5,9,14H2,1-4H3. The number of anilines is 2. The van der Waals surface area contributed by atoms with Crippen LogP contribution in [0.4, 0.5) is 11.4 Å². The Balaban J connectivity index is 2.77. The van der Waals surface area contributed by atoms with Gasteiger partial charge >= 0.3 is 0 Å². The number of nitrogens with one attached hydrogen (secondary N) is 1. The smallest absolute Gasteiger partial charge is 0.144 e. The molecule has 0 atom stereocenters. The summed E-state index contributed by atoms with van der Waals surface area (Å²) < 4.78 is 5.44. The molecule has 0 radical (unpaired) electrons. The molecule has 0 spiro atoms. The minimum absolute atomic E-state index is 0.230. The van der Waals surface area contributed by atoms with Gasteiger partial charge in [-0.2, -0.15) is 0 Å². The molecule has 0 bridgehead atoms. The van der Waals surface area contributed by atoms with E-state index < -0.39 is 0 Å². The van der Waals surface area contributed by atoms with Crippen molar-refractivity contribution in [1.29, 1.82) is 0 Å². The Labute approximate surface area is 98.0 Å². The van der Waals surface area contributed by atoms with Gasteiger partial charge in [0, 0.05) is 6.54 Å². The second-order valence-corrected chi connectivity index (χ2v) is 5.06. The van der Waals surface area contributed by atoms with E-state index in [-0.39, 0.29) is 5.41 Å². The van der Waals surface area contributed by atoms with Gasteiger partial charge in [-0.3, -0.25) is 0 Å². The molecule has 0 fully saturated rings. The second kappa shape index (κ2) is 5.10. The molecule has 0 aliphatic heterocycles. The van der Waals surface area contributed by atoms with Gasteiger partial charge in [0.15, 0.2) is 0 Å². The minimum atomic E-state index is 0.230. The molecule has 1 aromatic rings. The highest BCUT2D eigenvalue weighted by atomic mass is 16.5. The lowest BCUT2D eigenvalue weighted by Crippen LogP contribution is -2.19. The lowest BCUT2D eigenvalue weighted by Gasteiger charge is -2.21. The molecule has 16 heavy (non-hydrogen) atoms. The van der Waals surface area contributed by atoms with Crippen LogP contribution in [0.2, 0.25) is 0 Å². The van der Waals surface area contributed by atoms with Crippen molar-refractivity contribution in [2.24, 2.45) is 5.41 Å². The van der Waals surface area contributed by atoms with E-state index in [0.717, 1.165) is 18.0 Å². The van der Waals surface area contributed by atoms with Gasteiger partial charge in [-0.15, -0.1) is 0 Å². The summed E-state index contributed by atoms with van der Waals surface area (Å²) in [5.74, 6) is 0.751. The van der Waals surface area contributed by atoms with Gasteiger partial charge in [0.2, 0.25) is 0 Å². The third-order valence-electron chi connectivity index (χ3n) is 2.18. The van der Waals surface area contributed by atoms with Crippen molar-refractivity contribution in [3.8, 4) is 5.75 Å². The van der Waals surface area contributed by atoms with Crippen LogP contribution in [0.15, 0.2) is 18.2 Å². The maximum absolute atomic E-state index is 6.01. The molecule has 0 unspecified atom stereocenters. The molecule has 0 heterocycles. The SMILES string of the molecule is CCOc1cccc(NCC(C)(C)C)c1N. The summed E-state index contributed by atoms with van der Waals surface area (Å²) in [6.07, 6.45) is 0. The van der Waals surface area contributed by atoms with Gasteiger partial charge in [0.1, 0.15) is 5.75 Å². The third kappa shape index (κ3) is 3.65. The zero-order valence-electron chi connectivity index (χ0n) is 10.6. The normalized spacial score (nSPS) is 11.2. The lowest BCUT2D eigenvalue weighted by molar-refractivity contribution is 0.342. The van der Waals surface area contributed by atoms with Crippen LogP contribution in [-0.2, 0) is 0 Å². The molecular weight excluding hydrogens is 200 g/mol. The summed E-state index contributed by atoms with van der Waals surface area (Å²) in [5, 5.41) is 3.35. The summed E-state index contributed by atoms with van der Waals surface area (Å²) >= 11 is 0. The molecule has 3 heteroatoms. The highest BCUT2D eigenvalue weighted by molar-refractivity contribution is 5.72. The van der Waals surface area contributed by atoms with Crippen LogP contribution in [0.1, 0.15) is 27.7 Å². The van der Waals surface area contributed by atoms with Crippen LogP contribution in [0.3, 0.4) is 0 Å². The highest BCUT2D eigenvalue weighted by Crippen LogP contribution is 2.30. The van der Waals surface area contributed by atoms with Crippen molar-refractivity contribution in [3.63, 3.8) is 0 Å². The van der Waals surface area contributed by atoms with E-state index in [2.05, 4.69) is 26.1 Å². The summed E-state index contributed by atoms with van der Waals surface area (Å²) in [4.78, 5) is 0. The number of nitrogen functional groups attached to an aromatic ring is 1. The predicted molar refractivity (Wildman–Crippen MR) is 70.0 cm³/mol. The number of rotatable bonds is 4. The maximum Gasteiger partial charge on any atom is 0.144 e. The average Bonchev–Trinajstić information content (AvgIpc) is 2.18. The van der Waals surface area contributed by atoms with Crippen molar-refractivity contribution in [2.75, 3.05) is 24.2 Å². The molecule has 0 amide bonds. The van der Waals surface area contributed by atoms with Crippen molar-refractivity contribution in [3.05, 3.63) is 18.2 Å². The van der Waals surface area contributed by atoms with Gasteiger partial charge in [-0.05, 0) is 24.5 Å². The molecule has 0 saturated carbocycles. The summed E-state index contributed by atoms with van der Waals surface area (Å²) in [7, 11) is 0. The molecular formula is C13H22N2O. The van der Waals surface area contributed by atoms with Crippen LogP contribution in [0.25, 0.3) is 0 Å². The first kappa shape index (κ1) is 12.7. The number of nitrogens with two attached hydrogens (primary N) is 1. The van der Waals surface area contributed by atoms with Gasteiger partial charge in [0.05, 0.1) is 18.0 Å². The van der Waals surface area contributed by atoms with Crippen molar-refractivity contribution in [1.82, 2.24) is 0 Å². The van der Waals surface area contributed by atoms with E-state index in [1.807, 2.05) is 25.1 Å². The zero-order valence-corrected chi connectivity index (χ0v) is 10.6. The van der Waals surface area contributed by atoms with E-state index in [0.29, 0.717) is 12.3 Å². The first-order chi connectivity index (χ1) is 7.44. The Hall–Kier alpha value is -1.38. The summed E-state index contributed by atoms with van der Waals surface area (Å²) in [5.41, 5.74) is 7.88. The molecule has 90 valence electrons.